The minimum absolute atomic E-state index is 0.0000728. The van der Waals surface area contributed by atoms with Crippen molar-refractivity contribution in [3.05, 3.63) is 51.0 Å². The number of rotatable bonds is 7. The number of carbonyl (C=O) groups is 1. The number of nitro groups is 1. The molecule has 23 heavy (non-hydrogen) atoms. The van der Waals surface area contributed by atoms with Gasteiger partial charge in [0.15, 0.2) is 0 Å². The van der Waals surface area contributed by atoms with Crippen LogP contribution < -0.4 is 5.43 Å². The van der Waals surface area contributed by atoms with Gasteiger partial charge in [0.2, 0.25) is 5.13 Å². The summed E-state index contributed by atoms with van der Waals surface area (Å²) in [5.74, 6) is -0.329. The molecular formula is C14H14N4O4S. The normalized spacial score (nSPS) is 10.7. The number of hydrogen-bond acceptors (Lipinski definition) is 8. The molecule has 1 aromatic heterocycles. The molecule has 0 amide bonds. The fourth-order valence-corrected chi connectivity index (χ4v) is 2.34. The highest BCUT2D eigenvalue weighted by atomic mass is 32.1. The van der Waals surface area contributed by atoms with Gasteiger partial charge >= 0.3 is 5.97 Å². The number of aromatic nitrogens is 1. The molecule has 0 fully saturated rings. The van der Waals surface area contributed by atoms with Crippen LogP contribution in [0.25, 0.3) is 0 Å². The topological polar surface area (TPSA) is 107 Å². The summed E-state index contributed by atoms with van der Waals surface area (Å²) in [7, 11) is 0. The van der Waals surface area contributed by atoms with Gasteiger partial charge in [-0.2, -0.15) is 5.10 Å². The summed E-state index contributed by atoms with van der Waals surface area (Å²) < 4.78 is 4.85. The van der Waals surface area contributed by atoms with Crippen LogP contribution in [-0.4, -0.2) is 28.7 Å². The fraction of sp³-hybridized carbons (Fsp3) is 0.214. The Morgan fingerprint density at radius 1 is 1.57 bits per heavy atom. The van der Waals surface area contributed by atoms with E-state index in [1.165, 1.54) is 29.7 Å². The van der Waals surface area contributed by atoms with E-state index >= 15 is 0 Å². The second-order valence-electron chi connectivity index (χ2n) is 4.35. The van der Waals surface area contributed by atoms with Crippen LogP contribution in [0.3, 0.4) is 0 Å². The van der Waals surface area contributed by atoms with E-state index in [4.69, 9.17) is 4.74 Å². The van der Waals surface area contributed by atoms with Gasteiger partial charge in [-0.25, -0.2) is 4.98 Å². The summed E-state index contributed by atoms with van der Waals surface area (Å²) in [6.45, 7) is 2.08. The standard InChI is InChI=1S/C14H14N4O4S/c1-2-22-13(19)7-11-9-23-14(16-11)17-15-8-10-4-3-5-12(6-10)18(20)21/h3-6,8-9H,2,7H2,1H3,(H,16,17)/b15-8+. The summed E-state index contributed by atoms with van der Waals surface area (Å²) in [5, 5.41) is 16.9. The third kappa shape index (κ3) is 5.15. The first-order valence-corrected chi connectivity index (χ1v) is 7.60. The summed E-state index contributed by atoms with van der Waals surface area (Å²) in [5.41, 5.74) is 3.91. The molecule has 0 unspecified atom stereocenters. The third-order valence-corrected chi connectivity index (χ3v) is 3.43. The van der Waals surface area contributed by atoms with E-state index in [0.717, 1.165) is 0 Å². The molecule has 8 nitrogen and oxygen atoms in total. The molecule has 0 aliphatic rings. The minimum atomic E-state index is -0.465. The van der Waals surface area contributed by atoms with Gasteiger partial charge in [0.1, 0.15) is 0 Å². The van der Waals surface area contributed by atoms with Gasteiger partial charge in [-0.1, -0.05) is 12.1 Å². The predicted octanol–water partition coefficient (Wildman–Crippen LogP) is 2.60. The molecule has 0 saturated carbocycles. The molecule has 0 bridgehead atoms. The Bertz CT molecular complexity index is 729. The Morgan fingerprint density at radius 3 is 3.13 bits per heavy atom. The van der Waals surface area contributed by atoms with E-state index in [2.05, 4.69) is 15.5 Å². The second kappa shape index (κ2) is 7.99. The molecule has 0 atom stereocenters. The Hall–Kier alpha value is -2.81. The van der Waals surface area contributed by atoms with Gasteiger partial charge in [-0.05, 0) is 6.92 Å². The maximum absolute atomic E-state index is 11.3. The zero-order chi connectivity index (χ0) is 16.7. The number of hydrogen-bond donors (Lipinski definition) is 1. The van der Waals surface area contributed by atoms with Crippen molar-refractivity contribution in [2.45, 2.75) is 13.3 Å². The van der Waals surface area contributed by atoms with E-state index in [-0.39, 0.29) is 18.1 Å². The molecular weight excluding hydrogens is 320 g/mol. The smallest absolute Gasteiger partial charge is 0.311 e. The highest BCUT2D eigenvalue weighted by Crippen LogP contribution is 2.16. The lowest BCUT2D eigenvalue weighted by molar-refractivity contribution is -0.384. The number of nitro benzene ring substituents is 1. The number of hydrazone groups is 1. The van der Waals surface area contributed by atoms with Crippen molar-refractivity contribution in [1.29, 1.82) is 0 Å². The number of esters is 1. The molecule has 1 heterocycles. The summed E-state index contributed by atoms with van der Waals surface area (Å²) >= 11 is 1.30. The van der Waals surface area contributed by atoms with Gasteiger partial charge in [-0.3, -0.25) is 20.3 Å². The van der Waals surface area contributed by atoms with Crippen molar-refractivity contribution in [2.24, 2.45) is 5.10 Å². The largest absolute Gasteiger partial charge is 0.466 e. The van der Waals surface area contributed by atoms with Crippen LogP contribution in [-0.2, 0) is 16.0 Å². The van der Waals surface area contributed by atoms with Gasteiger partial charge in [0.25, 0.3) is 5.69 Å². The van der Waals surface area contributed by atoms with Gasteiger partial charge in [0, 0.05) is 23.1 Å². The molecule has 1 aromatic carbocycles. The van der Waals surface area contributed by atoms with Gasteiger partial charge < -0.3 is 4.74 Å². The van der Waals surface area contributed by atoms with Crippen molar-refractivity contribution in [3.63, 3.8) is 0 Å². The lowest BCUT2D eigenvalue weighted by Crippen LogP contribution is -2.07. The monoisotopic (exact) mass is 334 g/mol. The number of anilines is 1. The van der Waals surface area contributed by atoms with E-state index in [1.54, 1.807) is 24.4 Å². The number of ether oxygens (including phenoxy) is 1. The molecule has 0 aliphatic heterocycles. The number of nitrogens with zero attached hydrogens (tertiary/aromatic N) is 3. The molecule has 2 rings (SSSR count). The molecule has 0 spiro atoms. The molecule has 0 radical (unpaired) electrons. The Kier molecular flexibility index (Phi) is 5.75. The van der Waals surface area contributed by atoms with Crippen molar-refractivity contribution < 1.29 is 14.5 Å². The van der Waals surface area contributed by atoms with Crippen LogP contribution in [0.1, 0.15) is 18.2 Å². The van der Waals surface area contributed by atoms with Crippen LogP contribution in [0.15, 0.2) is 34.7 Å². The zero-order valence-corrected chi connectivity index (χ0v) is 13.1. The number of thiazole rings is 1. The first-order chi connectivity index (χ1) is 11.1. The van der Waals surface area contributed by atoms with E-state index in [0.29, 0.717) is 23.0 Å². The number of carbonyl (C=O) groups excluding carboxylic acids is 1. The average Bonchev–Trinajstić information content (AvgIpc) is 2.95. The Morgan fingerprint density at radius 2 is 2.39 bits per heavy atom. The molecule has 9 heteroatoms. The second-order valence-corrected chi connectivity index (χ2v) is 5.21. The van der Waals surface area contributed by atoms with Crippen molar-refractivity contribution in [3.8, 4) is 0 Å². The van der Waals surface area contributed by atoms with Crippen molar-refractivity contribution in [1.82, 2.24) is 4.98 Å². The Balaban J connectivity index is 1.93. The SMILES string of the molecule is CCOC(=O)Cc1csc(N/N=C/c2cccc([N+](=O)[O-])c2)n1. The number of nitrogens with one attached hydrogen (secondary N) is 1. The van der Waals surface area contributed by atoms with E-state index in [1.807, 2.05) is 0 Å². The number of benzene rings is 1. The number of non-ortho nitro benzene ring substituents is 1. The van der Waals surface area contributed by atoms with E-state index in [9.17, 15) is 14.9 Å². The van der Waals surface area contributed by atoms with E-state index < -0.39 is 4.92 Å². The first kappa shape index (κ1) is 16.6. The molecule has 1 N–H and O–H groups in total. The highest BCUT2D eigenvalue weighted by molar-refractivity contribution is 7.13. The van der Waals surface area contributed by atoms with Crippen molar-refractivity contribution >= 4 is 34.3 Å². The highest BCUT2D eigenvalue weighted by Gasteiger charge is 2.08. The predicted molar refractivity (Wildman–Crippen MR) is 86.8 cm³/mol. The average molecular weight is 334 g/mol. The minimum Gasteiger partial charge on any atom is -0.466 e. The molecule has 2 aromatic rings. The van der Waals surface area contributed by atoms with Crippen LogP contribution >= 0.6 is 11.3 Å². The molecule has 0 saturated heterocycles. The molecule has 0 aliphatic carbocycles. The lowest BCUT2D eigenvalue weighted by Gasteiger charge is -1.98. The zero-order valence-electron chi connectivity index (χ0n) is 12.3. The fourth-order valence-electron chi connectivity index (χ4n) is 1.68. The molecule has 120 valence electrons. The van der Waals surface area contributed by atoms with Crippen molar-refractivity contribution in [2.75, 3.05) is 12.0 Å². The van der Waals surface area contributed by atoms with Gasteiger partial charge in [0.05, 0.1) is 29.9 Å². The van der Waals surface area contributed by atoms with Crippen LogP contribution in [0, 0.1) is 10.1 Å². The maximum Gasteiger partial charge on any atom is 0.311 e. The van der Waals surface area contributed by atoms with Crippen LogP contribution in [0.4, 0.5) is 10.8 Å². The Labute approximate surface area is 136 Å². The van der Waals surface area contributed by atoms with Crippen LogP contribution in [0.5, 0.6) is 0 Å². The maximum atomic E-state index is 11.3. The lowest BCUT2D eigenvalue weighted by atomic mass is 10.2. The summed E-state index contributed by atoms with van der Waals surface area (Å²) in [4.78, 5) is 25.8. The quantitative estimate of drug-likeness (QED) is 0.361. The van der Waals surface area contributed by atoms with Crippen LogP contribution in [0.2, 0.25) is 0 Å². The summed E-state index contributed by atoms with van der Waals surface area (Å²) in [6, 6.07) is 6.11. The summed E-state index contributed by atoms with van der Waals surface area (Å²) in [6.07, 6.45) is 1.57. The third-order valence-electron chi connectivity index (χ3n) is 2.64. The first-order valence-electron chi connectivity index (χ1n) is 6.72. The van der Waals surface area contributed by atoms with Gasteiger partial charge in [-0.15, -0.1) is 11.3 Å².